The molecule has 1 nitrogen and oxygen atoms in total. The number of alkyl halides is 3. The number of hydrogen-bond donors (Lipinski definition) is 1. The molecule has 0 aromatic heterocycles. The standard InChI is InChI=1S/C15H13BrF3N/c16-13-6-1-3-10(7-13)8-14(20)11-4-2-5-12(9-11)15(17,18)19/h1-7,9,14H,8,20H2. The maximum Gasteiger partial charge on any atom is 0.416 e. The summed E-state index contributed by atoms with van der Waals surface area (Å²) in [6, 6.07) is 12.3. The van der Waals surface area contributed by atoms with E-state index in [9.17, 15) is 13.2 Å². The first-order chi connectivity index (χ1) is 9.36. The van der Waals surface area contributed by atoms with Gasteiger partial charge in [0, 0.05) is 10.5 Å². The van der Waals surface area contributed by atoms with Crippen molar-refractivity contribution in [1.29, 1.82) is 0 Å². The maximum atomic E-state index is 12.7. The first-order valence-corrected chi connectivity index (χ1v) is 6.83. The SMILES string of the molecule is NC(Cc1cccc(Br)c1)c1cccc(C(F)(F)F)c1. The molecule has 20 heavy (non-hydrogen) atoms. The van der Waals surface area contributed by atoms with Gasteiger partial charge in [0.15, 0.2) is 0 Å². The Morgan fingerprint density at radius 2 is 1.75 bits per heavy atom. The minimum atomic E-state index is -4.34. The van der Waals surface area contributed by atoms with Gasteiger partial charge in [-0.1, -0.05) is 40.2 Å². The Bertz CT molecular complexity index is 596. The van der Waals surface area contributed by atoms with Gasteiger partial charge >= 0.3 is 6.18 Å². The molecule has 2 aromatic carbocycles. The lowest BCUT2D eigenvalue weighted by Gasteiger charge is -2.15. The van der Waals surface area contributed by atoms with Crippen molar-refractivity contribution < 1.29 is 13.2 Å². The molecule has 0 aliphatic heterocycles. The first-order valence-electron chi connectivity index (χ1n) is 6.03. The van der Waals surface area contributed by atoms with Crippen LogP contribution in [0.5, 0.6) is 0 Å². The molecule has 1 unspecified atom stereocenters. The number of halogens is 4. The summed E-state index contributed by atoms with van der Waals surface area (Å²) >= 11 is 3.36. The molecule has 0 aliphatic rings. The average Bonchev–Trinajstić information content (AvgIpc) is 2.38. The van der Waals surface area contributed by atoms with E-state index in [2.05, 4.69) is 15.9 Å². The van der Waals surface area contributed by atoms with Gasteiger partial charge in [0.2, 0.25) is 0 Å². The second-order valence-corrected chi connectivity index (χ2v) is 5.48. The van der Waals surface area contributed by atoms with Gasteiger partial charge in [-0.3, -0.25) is 0 Å². The smallest absolute Gasteiger partial charge is 0.324 e. The van der Waals surface area contributed by atoms with Gasteiger partial charge in [0.25, 0.3) is 0 Å². The molecule has 5 heteroatoms. The van der Waals surface area contributed by atoms with Gasteiger partial charge in [0.05, 0.1) is 5.56 Å². The molecule has 1 atom stereocenters. The van der Waals surface area contributed by atoms with Crippen LogP contribution in [0.25, 0.3) is 0 Å². The van der Waals surface area contributed by atoms with Gasteiger partial charge in [-0.15, -0.1) is 0 Å². The molecule has 0 aliphatic carbocycles. The highest BCUT2D eigenvalue weighted by molar-refractivity contribution is 9.10. The van der Waals surface area contributed by atoms with Crippen LogP contribution in [0.4, 0.5) is 13.2 Å². The van der Waals surface area contributed by atoms with Crippen molar-refractivity contribution in [3.05, 3.63) is 69.7 Å². The number of benzene rings is 2. The van der Waals surface area contributed by atoms with Crippen molar-refractivity contribution in [1.82, 2.24) is 0 Å². The Labute approximate surface area is 123 Å². The fourth-order valence-electron chi connectivity index (χ4n) is 1.98. The monoisotopic (exact) mass is 343 g/mol. The Kier molecular flexibility index (Phi) is 4.50. The summed E-state index contributed by atoms with van der Waals surface area (Å²) in [5.41, 5.74) is 6.80. The zero-order chi connectivity index (χ0) is 14.8. The highest BCUT2D eigenvalue weighted by Gasteiger charge is 2.30. The van der Waals surface area contributed by atoms with Crippen LogP contribution < -0.4 is 5.73 Å². The highest BCUT2D eigenvalue weighted by Crippen LogP contribution is 2.31. The quantitative estimate of drug-likeness (QED) is 0.857. The van der Waals surface area contributed by atoms with E-state index in [0.29, 0.717) is 12.0 Å². The third kappa shape index (κ3) is 3.84. The van der Waals surface area contributed by atoms with E-state index in [1.165, 1.54) is 6.07 Å². The van der Waals surface area contributed by atoms with Crippen molar-refractivity contribution in [2.24, 2.45) is 5.73 Å². The average molecular weight is 344 g/mol. The zero-order valence-electron chi connectivity index (χ0n) is 10.5. The van der Waals surface area contributed by atoms with Crippen LogP contribution in [0.1, 0.15) is 22.7 Å². The predicted octanol–water partition coefficient (Wildman–Crippen LogP) is 4.71. The Morgan fingerprint density at radius 3 is 2.40 bits per heavy atom. The van der Waals surface area contributed by atoms with Crippen molar-refractivity contribution in [2.45, 2.75) is 18.6 Å². The molecule has 2 N–H and O–H groups in total. The summed E-state index contributed by atoms with van der Waals surface area (Å²) < 4.78 is 38.9. The fraction of sp³-hybridized carbons (Fsp3) is 0.200. The van der Waals surface area contributed by atoms with Crippen molar-refractivity contribution >= 4 is 15.9 Å². The van der Waals surface area contributed by atoms with Gasteiger partial charge in [-0.25, -0.2) is 0 Å². The zero-order valence-corrected chi connectivity index (χ0v) is 12.1. The van der Waals surface area contributed by atoms with Crippen molar-refractivity contribution in [2.75, 3.05) is 0 Å². The molecule has 2 rings (SSSR count). The molecule has 0 spiro atoms. The normalized spacial score (nSPS) is 13.2. The van der Waals surface area contributed by atoms with Crippen LogP contribution >= 0.6 is 15.9 Å². The van der Waals surface area contributed by atoms with E-state index in [-0.39, 0.29) is 0 Å². The van der Waals surface area contributed by atoms with E-state index >= 15 is 0 Å². The Hall–Kier alpha value is -1.33. The molecule has 0 heterocycles. The molecular weight excluding hydrogens is 331 g/mol. The van der Waals surface area contributed by atoms with Crippen molar-refractivity contribution in [3.63, 3.8) is 0 Å². The molecule has 0 amide bonds. The van der Waals surface area contributed by atoms with Gasteiger partial charge in [-0.05, 0) is 41.8 Å². The third-order valence-corrected chi connectivity index (χ3v) is 3.48. The highest BCUT2D eigenvalue weighted by atomic mass is 79.9. The summed E-state index contributed by atoms with van der Waals surface area (Å²) in [4.78, 5) is 0. The predicted molar refractivity (Wildman–Crippen MR) is 76.2 cm³/mol. The Balaban J connectivity index is 2.19. The van der Waals surface area contributed by atoms with Gasteiger partial charge in [-0.2, -0.15) is 13.2 Å². The van der Waals surface area contributed by atoms with Crippen LogP contribution in [0.3, 0.4) is 0 Å². The minimum Gasteiger partial charge on any atom is -0.324 e. The number of nitrogens with two attached hydrogens (primary N) is 1. The molecule has 0 saturated heterocycles. The first kappa shape index (κ1) is 15.1. The van der Waals surface area contributed by atoms with E-state index in [4.69, 9.17) is 5.73 Å². The minimum absolute atomic E-state index is 0.466. The molecular formula is C15H13BrF3N. The van der Waals surface area contributed by atoms with Crippen LogP contribution in [0.2, 0.25) is 0 Å². The van der Waals surface area contributed by atoms with Crippen molar-refractivity contribution in [3.8, 4) is 0 Å². The van der Waals surface area contributed by atoms with Gasteiger partial charge in [0.1, 0.15) is 0 Å². The second-order valence-electron chi connectivity index (χ2n) is 4.56. The maximum absolute atomic E-state index is 12.7. The molecule has 2 aromatic rings. The van der Waals surface area contributed by atoms with Gasteiger partial charge < -0.3 is 5.73 Å². The largest absolute Gasteiger partial charge is 0.416 e. The van der Waals surface area contributed by atoms with Crippen LogP contribution in [0.15, 0.2) is 53.0 Å². The summed E-state index contributed by atoms with van der Waals surface area (Å²) in [5.74, 6) is 0. The second kappa shape index (κ2) is 5.97. The topological polar surface area (TPSA) is 26.0 Å². The van der Waals surface area contributed by atoms with Crippen LogP contribution in [-0.4, -0.2) is 0 Å². The summed E-state index contributed by atoms with van der Waals surface area (Å²) in [5, 5.41) is 0. The molecule has 0 fully saturated rings. The number of rotatable bonds is 3. The van der Waals surface area contributed by atoms with E-state index in [0.717, 1.165) is 22.2 Å². The van der Waals surface area contributed by atoms with E-state index in [1.54, 1.807) is 6.07 Å². The number of hydrogen-bond acceptors (Lipinski definition) is 1. The summed E-state index contributed by atoms with van der Waals surface area (Å²) in [7, 11) is 0. The van der Waals surface area contributed by atoms with Crippen LogP contribution in [-0.2, 0) is 12.6 Å². The van der Waals surface area contributed by atoms with E-state index in [1.807, 2.05) is 24.3 Å². The molecule has 0 saturated carbocycles. The summed E-state index contributed by atoms with van der Waals surface area (Å²) in [6.07, 6.45) is -3.85. The van der Waals surface area contributed by atoms with E-state index < -0.39 is 17.8 Å². The molecule has 106 valence electrons. The Morgan fingerprint density at radius 1 is 1.05 bits per heavy atom. The van der Waals surface area contributed by atoms with Crippen LogP contribution in [0, 0.1) is 0 Å². The summed E-state index contributed by atoms with van der Waals surface area (Å²) in [6.45, 7) is 0. The lowest BCUT2D eigenvalue weighted by Crippen LogP contribution is -2.15. The molecule has 0 bridgehead atoms. The lowest BCUT2D eigenvalue weighted by molar-refractivity contribution is -0.137. The fourth-order valence-corrected chi connectivity index (χ4v) is 2.43. The molecule has 0 radical (unpaired) electrons. The third-order valence-electron chi connectivity index (χ3n) is 2.99. The lowest BCUT2D eigenvalue weighted by atomic mass is 9.98.